The van der Waals surface area contributed by atoms with Crippen LogP contribution in [-0.2, 0) is 24.4 Å². The first-order chi connectivity index (χ1) is 14.1. The Morgan fingerprint density at radius 1 is 1.13 bits per heavy atom. The molecule has 1 unspecified atom stereocenters. The lowest BCUT2D eigenvalue weighted by Crippen LogP contribution is -2.24. The van der Waals surface area contributed by atoms with Crippen LogP contribution in [0.25, 0.3) is 5.57 Å². The van der Waals surface area contributed by atoms with Crippen molar-refractivity contribution in [3.63, 3.8) is 0 Å². The predicted molar refractivity (Wildman–Crippen MR) is 121 cm³/mol. The number of carbonyl (C=O) groups excluding carboxylic acids is 1. The summed E-state index contributed by atoms with van der Waals surface area (Å²) in [6.07, 6.45) is 7.31. The highest BCUT2D eigenvalue weighted by Gasteiger charge is 2.22. The molecule has 0 amide bonds. The minimum Gasteiger partial charge on any atom is -0.463 e. The number of hydrogen-bond acceptors (Lipinski definition) is 5. The summed E-state index contributed by atoms with van der Waals surface area (Å²) in [5.74, 6) is 0.412. The van der Waals surface area contributed by atoms with Gasteiger partial charge in [0.25, 0.3) is 0 Å². The third kappa shape index (κ3) is 8.56. The zero-order valence-electron chi connectivity index (χ0n) is 19.6. The Morgan fingerprint density at radius 2 is 1.83 bits per heavy atom. The summed E-state index contributed by atoms with van der Waals surface area (Å²) in [4.78, 5) is 11.5. The molecule has 30 heavy (non-hydrogen) atoms. The van der Waals surface area contributed by atoms with Gasteiger partial charge in [0.05, 0.1) is 13.2 Å². The SMILES string of the molecule is CCOC(=O)/C=C(\C)C=CC=C(C)c1ccc(OC(OC)OCC)c(C(C)(C)C)c1. The molecule has 0 radical (unpaired) electrons. The van der Waals surface area contributed by atoms with E-state index in [1.807, 2.05) is 44.2 Å². The quantitative estimate of drug-likeness (QED) is 0.209. The first-order valence-corrected chi connectivity index (χ1v) is 10.3. The van der Waals surface area contributed by atoms with E-state index in [1.54, 1.807) is 14.0 Å². The van der Waals surface area contributed by atoms with Gasteiger partial charge in [-0.2, -0.15) is 0 Å². The van der Waals surface area contributed by atoms with Crippen molar-refractivity contribution in [1.82, 2.24) is 0 Å². The maximum atomic E-state index is 11.5. The molecule has 1 rings (SSSR count). The van der Waals surface area contributed by atoms with Crippen LogP contribution in [-0.4, -0.2) is 32.8 Å². The van der Waals surface area contributed by atoms with Gasteiger partial charge in [0.1, 0.15) is 5.75 Å². The van der Waals surface area contributed by atoms with Crippen molar-refractivity contribution in [3.05, 3.63) is 59.2 Å². The lowest BCUT2D eigenvalue weighted by Gasteiger charge is -2.26. The average Bonchev–Trinajstić information content (AvgIpc) is 2.66. The van der Waals surface area contributed by atoms with Gasteiger partial charge in [0.15, 0.2) is 0 Å². The molecule has 166 valence electrons. The fourth-order valence-electron chi connectivity index (χ4n) is 2.71. The van der Waals surface area contributed by atoms with E-state index in [0.717, 1.165) is 28.0 Å². The van der Waals surface area contributed by atoms with E-state index in [9.17, 15) is 4.79 Å². The Kier molecular flexibility index (Phi) is 10.6. The molecule has 0 fully saturated rings. The van der Waals surface area contributed by atoms with Crippen molar-refractivity contribution in [3.8, 4) is 5.75 Å². The minimum absolute atomic E-state index is 0.120. The number of benzene rings is 1. The van der Waals surface area contributed by atoms with Gasteiger partial charge in [0, 0.05) is 18.7 Å². The lowest BCUT2D eigenvalue weighted by atomic mass is 9.84. The summed E-state index contributed by atoms with van der Waals surface area (Å²) in [7, 11) is 1.56. The maximum Gasteiger partial charge on any atom is 0.330 e. The third-order valence-electron chi connectivity index (χ3n) is 4.30. The number of hydrogen-bond donors (Lipinski definition) is 0. The standard InChI is InChI=1S/C25H36O5/c1-9-28-23(26)16-18(3)12-11-13-19(4)20-14-15-22(21(17-20)25(5,6)7)30-24(27-8)29-10-2/h11-17,24H,9-10H2,1-8H3/b12-11?,18-16+,19-13?. The number of carbonyl (C=O) groups is 1. The molecule has 5 nitrogen and oxygen atoms in total. The van der Waals surface area contributed by atoms with Crippen molar-refractivity contribution >= 4 is 11.5 Å². The van der Waals surface area contributed by atoms with Crippen LogP contribution >= 0.6 is 0 Å². The molecule has 0 aliphatic carbocycles. The molecule has 5 heteroatoms. The molecular weight excluding hydrogens is 380 g/mol. The zero-order valence-corrected chi connectivity index (χ0v) is 19.6. The van der Waals surface area contributed by atoms with Gasteiger partial charge in [-0.1, -0.05) is 45.1 Å². The Labute approximate surface area is 181 Å². The smallest absolute Gasteiger partial charge is 0.330 e. The topological polar surface area (TPSA) is 54.0 Å². The molecule has 0 spiro atoms. The van der Waals surface area contributed by atoms with Crippen LogP contribution in [0.5, 0.6) is 5.75 Å². The number of rotatable bonds is 10. The summed E-state index contributed by atoms with van der Waals surface area (Å²) in [6, 6.07) is 6.10. The van der Waals surface area contributed by atoms with E-state index in [-0.39, 0.29) is 11.4 Å². The van der Waals surface area contributed by atoms with Crippen LogP contribution in [0, 0.1) is 0 Å². The molecule has 0 aliphatic rings. The second kappa shape index (κ2) is 12.4. The number of methoxy groups -OCH3 is 1. The number of allylic oxidation sites excluding steroid dienone is 5. The van der Waals surface area contributed by atoms with Crippen LogP contribution in [0.2, 0.25) is 0 Å². The molecule has 0 saturated carbocycles. The molecule has 0 aliphatic heterocycles. The molecule has 0 N–H and O–H groups in total. The van der Waals surface area contributed by atoms with E-state index in [1.165, 1.54) is 6.08 Å². The van der Waals surface area contributed by atoms with E-state index in [2.05, 4.69) is 33.8 Å². The van der Waals surface area contributed by atoms with Crippen molar-refractivity contribution in [1.29, 1.82) is 0 Å². The second-order valence-electron chi connectivity index (χ2n) is 7.91. The molecule has 0 saturated heterocycles. The maximum absolute atomic E-state index is 11.5. The van der Waals surface area contributed by atoms with Gasteiger partial charge >= 0.3 is 12.4 Å². The van der Waals surface area contributed by atoms with Gasteiger partial charge in [-0.05, 0) is 62.0 Å². The Morgan fingerprint density at radius 3 is 2.40 bits per heavy atom. The predicted octanol–water partition coefficient (Wildman–Crippen LogP) is 5.80. The number of esters is 1. The molecule has 0 aromatic heterocycles. The van der Waals surface area contributed by atoms with Crippen LogP contribution in [0.3, 0.4) is 0 Å². The van der Waals surface area contributed by atoms with E-state index >= 15 is 0 Å². The summed E-state index contributed by atoms with van der Waals surface area (Å²) >= 11 is 0. The summed E-state index contributed by atoms with van der Waals surface area (Å²) in [5.41, 5.74) is 3.97. The van der Waals surface area contributed by atoms with Crippen LogP contribution < -0.4 is 4.74 Å². The molecule has 1 atom stereocenters. The summed E-state index contributed by atoms with van der Waals surface area (Å²) in [5, 5.41) is 0. The van der Waals surface area contributed by atoms with Crippen molar-refractivity contribution in [2.45, 2.75) is 60.4 Å². The highest BCUT2D eigenvalue weighted by molar-refractivity contribution is 5.83. The highest BCUT2D eigenvalue weighted by Crippen LogP contribution is 2.34. The van der Waals surface area contributed by atoms with Gasteiger partial charge in [0.2, 0.25) is 0 Å². The van der Waals surface area contributed by atoms with Crippen molar-refractivity contribution in [2.75, 3.05) is 20.3 Å². The average molecular weight is 417 g/mol. The largest absolute Gasteiger partial charge is 0.463 e. The molecule has 0 heterocycles. The van der Waals surface area contributed by atoms with Crippen molar-refractivity contribution < 1.29 is 23.7 Å². The normalized spacial score (nSPS) is 14.1. The molecule has 1 aromatic rings. The fraction of sp³-hybridized carbons (Fsp3) is 0.480. The monoisotopic (exact) mass is 416 g/mol. The van der Waals surface area contributed by atoms with E-state index in [4.69, 9.17) is 18.9 Å². The second-order valence-corrected chi connectivity index (χ2v) is 7.91. The van der Waals surface area contributed by atoms with Gasteiger partial charge in [-0.15, -0.1) is 0 Å². The molecule has 1 aromatic carbocycles. The summed E-state index contributed by atoms with van der Waals surface area (Å²) in [6.45, 7) is 14.2. The van der Waals surface area contributed by atoms with Crippen molar-refractivity contribution in [2.24, 2.45) is 0 Å². The minimum atomic E-state index is -0.740. The third-order valence-corrected chi connectivity index (χ3v) is 4.30. The van der Waals surface area contributed by atoms with E-state index in [0.29, 0.717) is 13.2 Å². The first kappa shape index (κ1) is 25.7. The molecule has 0 bridgehead atoms. The van der Waals surface area contributed by atoms with Gasteiger partial charge in [-0.3, -0.25) is 0 Å². The van der Waals surface area contributed by atoms with Gasteiger partial charge < -0.3 is 18.9 Å². The summed E-state index contributed by atoms with van der Waals surface area (Å²) < 4.78 is 21.6. The van der Waals surface area contributed by atoms with E-state index < -0.39 is 6.48 Å². The zero-order chi connectivity index (χ0) is 22.7. The Balaban J connectivity index is 3.10. The number of ether oxygens (including phenoxy) is 4. The Hall–Kier alpha value is -2.37. The Bertz CT molecular complexity index is 781. The van der Waals surface area contributed by atoms with Crippen LogP contribution in [0.4, 0.5) is 0 Å². The lowest BCUT2D eigenvalue weighted by molar-refractivity contribution is -0.231. The van der Waals surface area contributed by atoms with Crippen LogP contribution in [0.15, 0.2) is 48.1 Å². The van der Waals surface area contributed by atoms with Gasteiger partial charge in [-0.25, -0.2) is 4.79 Å². The molecular formula is C25H36O5. The van der Waals surface area contributed by atoms with Crippen LogP contribution in [0.1, 0.15) is 59.6 Å². The first-order valence-electron chi connectivity index (χ1n) is 10.3. The fourth-order valence-corrected chi connectivity index (χ4v) is 2.71. The highest BCUT2D eigenvalue weighted by atomic mass is 16.8.